The van der Waals surface area contributed by atoms with Crippen LogP contribution in [0.1, 0.15) is 71.5 Å². The number of halogens is 3. The summed E-state index contributed by atoms with van der Waals surface area (Å²) in [6.07, 6.45) is -0.579. The van der Waals surface area contributed by atoms with Crippen LogP contribution in [0.4, 0.5) is 24.8 Å². The normalized spacial score (nSPS) is 20.0. The maximum absolute atomic E-state index is 13.6. The number of piperidine rings is 1. The first-order chi connectivity index (χ1) is 15.8. The molecule has 1 aromatic heterocycles. The van der Waals surface area contributed by atoms with Crippen LogP contribution in [0.15, 0.2) is 6.07 Å². The zero-order valence-electron chi connectivity index (χ0n) is 19.9. The molecule has 0 unspecified atom stereocenters. The van der Waals surface area contributed by atoms with Gasteiger partial charge < -0.3 is 19.6 Å². The summed E-state index contributed by atoms with van der Waals surface area (Å²) in [5, 5.41) is 8.80. The smallest absolute Gasteiger partial charge is 0.451 e. The summed E-state index contributed by atoms with van der Waals surface area (Å²) in [5.41, 5.74) is -0.700. The fraction of sp³-hybridized carbons (Fsp3) is 0.739. The van der Waals surface area contributed by atoms with Crippen LogP contribution in [0.3, 0.4) is 0 Å². The quantitative estimate of drug-likeness (QED) is 0.571. The van der Waals surface area contributed by atoms with Gasteiger partial charge in [-0.2, -0.15) is 13.2 Å². The monoisotopic (exact) mass is 486 g/mol. The van der Waals surface area contributed by atoms with E-state index >= 15 is 0 Å². The van der Waals surface area contributed by atoms with E-state index in [1.165, 1.54) is 6.07 Å². The maximum atomic E-state index is 13.6. The van der Waals surface area contributed by atoms with Crippen molar-refractivity contribution < 1.29 is 32.6 Å². The Balaban J connectivity index is 1.78. The molecule has 190 valence electrons. The van der Waals surface area contributed by atoms with E-state index in [9.17, 15) is 22.8 Å². The molecule has 1 aromatic rings. The molecule has 1 atom stereocenters. The van der Waals surface area contributed by atoms with Crippen LogP contribution < -0.4 is 9.80 Å². The predicted octanol–water partition coefficient (Wildman–Crippen LogP) is 4.28. The third kappa shape index (κ3) is 6.96. The molecule has 0 bridgehead atoms. The molecule has 0 aromatic carbocycles. The number of ether oxygens (including phenoxy) is 1. The molecule has 0 radical (unpaired) electrons. The number of rotatable bonds is 7. The highest BCUT2D eigenvalue weighted by Crippen LogP contribution is 2.34. The zero-order valence-corrected chi connectivity index (χ0v) is 19.9. The van der Waals surface area contributed by atoms with E-state index in [-0.39, 0.29) is 18.1 Å². The molecule has 0 aliphatic carbocycles. The van der Waals surface area contributed by atoms with Gasteiger partial charge in [0.25, 0.3) is 0 Å². The van der Waals surface area contributed by atoms with Crippen molar-refractivity contribution >= 4 is 23.6 Å². The second kappa shape index (κ2) is 10.4. The lowest BCUT2D eigenvalue weighted by molar-refractivity contribution is -0.156. The fourth-order valence-corrected chi connectivity index (χ4v) is 4.51. The van der Waals surface area contributed by atoms with Crippen molar-refractivity contribution in [2.75, 3.05) is 29.4 Å². The highest BCUT2D eigenvalue weighted by molar-refractivity contribution is 5.81. The lowest BCUT2D eigenvalue weighted by atomic mass is 9.91. The Hall–Kier alpha value is -2.59. The average molecular weight is 487 g/mol. The Bertz CT molecular complexity index is 880. The molecule has 2 aliphatic rings. The van der Waals surface area contributed by atoms with Gasteiger partial charge in [0.05, 0.1) is 0 Å². The van der Waals surface area contributed by atoms with Crippen molar-refractivity contribution in [3.63, 3.8) is 0 Å². The van der Waals surface area contributed by atoms with Gasteiger partial charge in [-0.3, -0.25) is 4.79 Å². The van der Waals surface area contributed by atoms with Crippen molar-refractivity contribution in [3.8, 4) is 0 Å². The second-order valence-corrected chi connectivity index (χ2v) is 10.0. The van der Waals surface area contributed by atoms with Gasteiger partial charge in [-0.15, -0.1) is 0 Å². The minimum absolute atomic E-state index is 0.0780. The van der Waals surface area contributed by atoms with Gasteiger partial charge in [-0.25, -0.2) is 14.8 Å². The number of carbonyl (C=O) groups excluding carboxylic acids is 1. The lowest BCUT2D eigenvalue weighted by Crippen LogP contribution is -2.41. The Morgan fingerprint density at radius 1 is 1.09 bits per heavy atom. The number of carboxylic acids is 1. The summed E-state index contributed by atoms with van der Waals surface area (Å²) >= 11 is 0. The highest BCUT2D eigenvalue weighted by atomic mass is 19.4. The Labute approximate surface area is 197 Å². The number of aliphatic carboxylic acids is 1. The van der Waals surface area contributed by atoms with Gasteiger partial charge in [-0.05, 0) is 65.2 Å². The molecule has 1 N–H and O–H groups in total. The Morgan fingerprint density at radius 3 is 2.32 bits per heavy atom. The molecular weight excluding hydrogens is 453 g/mol. The number of hydrogen-bond donors (Lipinski definition) is 1. The van der Waals surface area contributed by atoms with Crippen molar-refractivity contribution in [2.45, 2.75) is 83.5 Å². The summed E-state index contributed by atoms with van der Waals surface area (Å²) in [4.78, 5) is 34.4. The Morgan fingerprint density at radius 2 is 1.74 bits per heavy atom. The molecule has 2 fully saturated rings. The molecule has 0 saturated carbocycles. The number of aromatic nitrogens is 2. The van der Waals surface area contributed by atoms with Crippen molar-refractivity contribution in [1.29, 1.82) is 0 Å². The van der Waals surface area contributed by atoms with Gasteiger partial charge in [0.1, 0.15) is 23.3 Å². The maximum Gasteiger partial charge on any atom is 0.451 e. The van der Waals surface area contributed by atoms with Crippen LogP contribution in [-0.4, -0.2) is 58.3 Å². The number of alkyl halides is 3. The largest absolute Gasteiger partial charge is 0.481 e. The molecule has 0 amide bonds. The number of anilines is 2. The molecular formula is C23H33F3N4O4. The van der Waals surface area contributed by atoms with Crippen LogP contribution in [0.2, 0.25) is 0 Å². The first kappa shape index (κ1) is 26.0. The number of esters is 1. The van der Waals surface area contributed by atoms with E-state index in [1.54, 1.807) is 25.7 Å². The topological polar surface area (TPSA) is 95.9 Å². The summed E-state index contributed by atoms with van der Waals surface area (Å²) < 4.78 is 46.4. The third-order valence-corrected chi connectivity index (χ3v) is 6.12. The molecule has 2 saturated heterocycles. The van der Waals surface area contributed by atoms with Crippen molar-refractivity contribution in [3.05, 3.63) is 11.9 Å². The standard InChI is InChI=1S/C23H33F3N4O4/c1-22(2,3)34-20(33)16-7-5-11-30(16)18-14-17(27-21(28-18)23(24,25)26)29-12-9-15(10-13-29)6-4-8-19(31)32/h14-16H,4-13H2,1-3H3,(H,31,32)/t16-/m0/s1. The number of hydrogen-bond acceptors (Lipinski definition) is 7. The summed E-state index contributed by atoms with van der Waals surface area (Å²) in [6.45, 7) is 6.71. The van der Waals surface area contributed by atoms with Crippen molar-refractivity contribution in [1.82, 2.24) is 9.97 Å². The SMILES string of the molecule is CC(C)(C)OC(=O)[C@@H]1CCCN1c1cc(N2CCC(CCCC(=O)O)CC2)nc(C(F)(F)F)n1. The zero-order chi connectivity index (χ0) is 25.1. The summed E-state index contributed by atoms with van der Waals surface area (Å²) in [7, 11) is 0. The molecule has 11 heteroatoms. The third-order valence-electron chi connectivity index (χ3n) is 6.12. The molecule has 2 aliphatic heterocycles. The van der Waals surface area contributed by atoms with E-state index in [0.29, 0.717) is 44.8 Å². The van der Waals surface area contributed by atoms with Gasteiger partial charge in [-0.1, -0.05) is 0 Å². The molecule has 8 nitrogen and oxygen atoms in total. The number of nitrogens with zero attached hydrogens (tertiary/aromatic N) is 4. The minimum Gasteiger partial charge on any atom is -0.481 e. The van der Waals surface area contributed by atoms with Crippen LogP contribution in [0.5, 0.6) is 0 Å². The first-order valence-electron chi connectivity index (χ1n) is 11.8. The molecule has 0 spiro atoms. The lowest BCUT2D eigenvalue weighted by Gasteiger charge is -2.34. The first-order valence-corrected chi connectivity index (χ1v) is 11.8. The second-order valence-electron chi connectivity index (χ2n) is 10.0. The average Bonchev–Trinajstić information content (AvgIpc) is 3.22. The number of carbonyl (C=O) groups is 2. The van der Waals surface area contributed by atoms with Crippen LogP contribution >= 0.6 is 0 Å². The van der Waals surface area contributed by atoms with Crippen molar-refractivity contribution in [2.24, 2.45) is 5.92 Å². The van der Waals surface area contributed by atoms with Crippen LogP contribution in [-0.2, 0) is 20.5 Å². The Kier molecular flexibility index (Phi) is 7.92. The minimum atomic E-state index is -4.72. The molecule has 3 heterocycles. The van der Waals surface area contributed by atoms with Gasteiger partial charge in [0.15, 0.2) is 0 Å². The highest BCUT2D eigenvalue weighted by Gasteiger charge is 2.39. The van der Waals surface area contributed by atoms with E-state index < -0.39 is 35.6 Å². The van der Waals surface area contributed by atoms with E-state index in [0.717, 1.165) is 19.3 Å². The van der Waals surface area contributed by atoms with E-state index in [4.69, 9.17) is 9.84 Å². The summed E-state index contributed by atoms with van der Waals surface area (Å²) in [6, 6.07) is 0.839. The molecule has 3 rings (SSSR count). The molecule has 34 heavy (non-hydrogen) atoms. The fourth-order valence-electron chi connectivity index (χ4n) is 4.51. The summed E-state index contributed by atoms with van der Waals surface area (Å²) in [5.74, 6) is -1.91. The van der Waals surface area contributed by atoms with Gasteiger partial charge >= 0.3 is 18.1 Å². The van der Waals surface area contributed by atoms with Crippen LogP contribution in [0, 0.1) is 5.92 Å². The van der Waals surface area contributed by atoms with E-state index in [2.05, 4.69) is 9.97 Å². The van der Waals surface area contributed by atoms with E-state index in [1.807, 2.05) is 4.90 Å². The van der Waals surface area contributed by atoms with Gasteiger partial charge in [0, 0.05) is 32.1 Å². The predicted molar refractivity (Wildman–Crippen MR) is 120 cm³/mol. The van der Waals surface area contributed by atoms with Crippen LogP contribution in [0.25, 0.3) is 0 Å². The van der Waals surface area contributed by atoms with Gasteiger partial charge in [0.2, 0.25) is 5.82 Å². The number of carboxylic acid groups (broad SMARTS) is 1.